The molecule has 3 aromatic carbocycles. The van der Waals surface area contributed by atoms with Gasteiger partial charge in [0.2, 0.25) is 11.1 Å². The lowest BCUT2D eigenvalue weighted by Gasteiger charge is -2.10. The molecule has 0 radical (unpaired) electrons. The van der Waals surface area contributed by atoms with Crippen LogP contribution >= 0.6 is 11.8 Å². The number of para-hydroxylation sites is 2. The number of carbonyl (C=O) groups is 1. The first-order chi connectivity index (χ1) is 17.2. The predicted octanol–water partition coefficient (Wildman–Crippen LogP) is 5.64. The fraction of sp³-hybridized carbons (Fsp3) is 0.154. The Morgan fingerprint density at radius 3 is 2.66 bits per heavy atom. The molecule has 8 nitrogen and oxygen atoms in total. The molecule has 0 aliphatic heterocycles. The zero-order chi connectivity index (χ0) is 23.9. The molecule has 3 aromatic heterocycles. The summed E-state index contributed by atoms with van der Waals surface area (Å²) in [4.78, 5) is 17.5. The maximum Gasteiger partial charge on any atom is 0.234 e. The predicted molar refractivity (Wildman–Crippen MR) is 138 cm³/mol. The smallest absolute Gasteiger partial charge is 0.234 e. The van der Waals surface area contributed by atoms with E-state index in [9.17, 15) is 4.79 Å². The van der Waals surface area contributed by atoms with E-state index in [0.717, 1.165) is 45.0 Å². The van der Waals surface area contributed by atoms with E-state index in [0.29, 0.717) is 22.2 Å². The standard InChI is InChI=1S/C26H21N5O3S/c1-3-31-19-10-6-4-9-16(19)24-25(31)28-26(30-29-24)35-14-23(32)27-18-13-21-17(12-22(18)33-2)15-8-5-7-11-20(15)34-21/h4-13H,3,14H2,1-2H3,(H,27,32). The summed E-state index contributed by atoms with van der Waals surface area (Å²) < 4.78 is 13.6. The molecule has 174 valence electrons. The Morgan fingerprint density at radius 2 is 1.83 bits per heavy atom. The van der Waals surface area contributed by atoms with Crippen LogP contribution in [0.3, 0.4) is 0 Å². The van der Waals surface area contributed by atoms with Crippen molar-refractivity contribution in [3.63, 3.8) is 0 Å². The molecule has 1 N–H and O–H groups in total. The number of thioether (sulfide) groups is 1. The van der Waals surface area contributed by atoms with Gasteiger partial charge in [0.1, 0.15) is 22.4 Å². The summed E-state index contributed by atoms with van der Waals surface area (Å²) in [6.07, 6.45) is 0. The van der Waals surface area contributed by atoms with Crippen molar-refractivity contribution in [2.24, 2.45) is 0 Å². The molecule has 0 spiro atoms. The summed E-state index contributed by atoms with van der Waals surface area (Å²) in [6, 6.07) is 19.5. The maximum absolute atomic E-state index is 12.8. The van der Waals surface area contributed by atoms with Crippen molar-refractivity contribution in [1.82, 2.24) is 19.7 Å². The van der Waals surface area contributed by atoms with Crippen LogP contribution in [-0.2, 0) is 11.3 Å². The average molecular weight is 484 g/mol. The number of methoxy groups -OCH3 is 1. The third kappa shape index (κ3) is 3.64. The molecular formula is C26H21N5O3S. The van der Waals surface area contributed by atoms with Crippen LogP contribution < -0.4 is 10.1 Å². The van der Waals surface area contributed by atoms with Crippen molar-refractivity contribution in [3.05, 3.63) is 60.7 Å². The Hall–Kier alpha value is -4.11. The Kier molecular flexibility index (Phi) is 5.26. The van der Waals surface area contributed by atoms with E-state index >= 15 is 0 Å². The first-order valence-electron chi connectivity index (χ1n) is 11.2. The van der Waals surface area contributed by atoms with E-state index < -0.39 is 0 Å². The third-order valence-corrected chi connectivity index (χ3v) is 6.81. The molecule has 0 aliphatic carbocycles. The molecule has 0 saturated heterocycles. The summed E-state index contributed by atoms with van der Waals surface area (Å²) in [7, 11) is 1.58. The van der Waals surface area contributed by atoms with Crippen LogP contribution in [0.2, 0.25) is 0 Å². The van der Waals surface area contributed by atoms with Gasteiger partial charge in [0, 0.05) is 28.8 Å². The van der Waals surface area contributed by atoms with Crippen LogP contribution in [0, 0.1) is 0 Å². The molecule has 0 fully saturated rings. The van der Waals surface area contributed by atoms with Gasteiger partial charge in [-0.25, -0.2) is 4.98 Å². The number of ether oxygens (including phenoxy) is 1. The number of nitrogens with zero attached hydrogens (tertiary/aromatic N) is 4. The Balaban J connectivity index is 1.24. The second-order valence-corrected chi connectivity index (χ2v) is 8.95. The van der Waals surface area contributed by atoms with E-state index in [-0.39, 0.29) is 11.7 Å². The molecule has 3 heterocycles. The van der Waals surface area contributed by atoms with Gasteiger partial charge in [-0.05, 0) is 25.1 Å². The number of rotatable bonds is 6. The number of benzene rings is 3. The number of furan rings is 1. The van der Waals surface area contributed by atoms with Crippen LogP contribution in [0.4, 0.5) is 5.69 Å². The molecule has 6 rings (SSSR count). The number of aryl methyl sites for hydroxylation is 1. The lowest BCUT2D eigenvalue weighted by molar-refractivity contribution is -0.113. The van der Waals surface area contributed by atoms with Gasteiger partial charge in [-0.3, -0.25) is 4.79 Å². The maximum atomic E-state index is 12.8. The first kappa shape index (κ1) is 21.4. The Labute approximate surface area is 204 Å². The third-order valence-electron chi connectivity index (χ3n) is 5.98. The first-order valence-corrected chi connectivity index (χ1v) is 12.2. The summed E-state index contributed by atoms with van der Waals surface area (Å²) in [5.74, 6) is 0.485. The fourth-order valence-electron chi connectivity index (χ4n) is 4.40. The second-order valence-electron chi connectivity index (χ2n) is 8.01. The number of amides is 1. The van der Waals surface area contributed by atoms with Crippen LogP contribution in [0.15, 0.2) is 70.2 Å². The highest BCUT2D eigenvalue weighted by Crippen LogP contribution is 2.36. The minimum absolute atomic E-state index is 0.126. The van der Waals surface area contributed by atoms with Crippen molar-refractivity contribution < 1.29 is 13.9 Å². The molecule has 35 heavy (non-hydrogen) atoms. The Bertz CT molecular complexity index is 1740. The summed E-state index contributed by atoms with van der Waals surface area (Å²) in [5, 5.41) is 15.0. The number of hydrogen-bond donors (Lipinski definition) is 1. The number of fused-ring (bicyclic) bond motifs is 6. The number of hydrogen-bond acceptors (Lipinski definition) is 7. The Morgan fingerprint density at radius 1 is 1.03 bits per heavy atom. The highest BCUT2D eigenvalue weighted by Gasteiger charge is 2.17. The molecule has 0 bridgehead atoms. The minimum Gasteiger partial charge on any atom is -0.495 e. The van der Waals surface area contributed by atoms with Crippen molar-refractivity contribution >= 4 is 67.4 Å². The van der Waals surface area contributed by atoms with Gasteiger partial charge in [-0.2, -0.15) is 0 Å². The zero-order valence-electron chi connectivity index (χ0n) is 19.1. The van der Waals surface area contributed by atoms with Crippen molar-refractivity contribution in [1.29, 1.82) is 0 Å². The van der Waals surface area contributed by atoms with E-state index in [1.54, 1.807) is 13.2 Å². The summed E-state index contributed by atoms with van der Waals surface area (Å²) >= 11 is 1.24. The topological polar surface area (TPSA) is 95.1 Å². The lowest BCUT2D eigenvalue weighted by Crippen LogP contribution is -2.15. The van der Waals surface area contributed by atoms with Crippen LogP contribution in [0.25, 0.3) is 44.0 Å². The van der Waals surface area contributed by atoms with Gasteiger partial charge in [0.25, 0.3) is 0 Å². The van der Waals surface area contributed by atoms with Crippen LogP contribution in [0.1, 0.15) is 6.92 Å². The molecular weight excluding hydrogens is 462 g/mol. The summed E-state index contributed by atoms with van der Waals surface area (Å²) in [5.41, 5.74) is 4.61. The number of carbonyl (C=O) groups excluding carboxylic acids is 1. The van der Waals surface area contributed by atoms with E-state index in [1.807, 2.05) is 48.5 Å². The monoisotopic (exact) mass is 483 g/mol. The van der Waals surface area contributed by atoms with E-state index in [4.69, 9.17) is 14.1 Å². The van der Waals surface area contributed by atoms with Gasteiger partial charge in [0.15, 0.2) is 5.65 Å². The van der Waals surface area contributed by atoms with Gasteiger partial charge in [-0.15, -0.1) is 10.2 Å². The van der Waals surface area contributed by atoms with Crippen molar-refractivity contribution in [2.45, 2.75) is 18.6 Å². The van der Waals surface area contributed by atoms with E-state index in [2.05, 4.69) is 33.1 Å². The van der Waals surface area contributed by atoms with Crippen molar-refractivity contribution in [3.8, 4) is 5.75 Å². The van der Waals surface area contributed by atoms with Crippen LogP contribution in [-0.4, -0.2) is 38.5 Å². The number of aromatic nitrogens is 4. The lowest BCUT2D eigenvalue weighted by atomic mass is 10.1. The molecule has 0 saturated carbocycles. The second kappa shape index (κ2) is 8.59. The van der Waals surface area contributed by atoms with E-state index in [1.165, 1.54) is 11.8 Å². The fourth-order valence-corrected chi connectivity index (χ4v) is 4.99. The van der Waals surface area contributed by atoms with Gasteiger partial charge >= 0.3 is 0 Å². The van der Waals surface area contributed by atoms with Gasteiger partial charge in [-0.1, -0.05) is 48.2 Å². The van der Waals surface area contributed by atoms with Gasteiger partial charge in [0.05, 0.1) is 24.1 Å². The quantitative estimate of drug-likeness (QED) is 0.306. The normalized spacial score (nSPS) is 11.6. The largest absolute Gasteiger partial charge is 0.495 e. The number of anilines is 1. The number of nitrogens with one attached hydrogen (secondary N) is 1. The molecule has 1 amide bonds. The molecule has 0 atom stereocenters. The van der Waals surface area contributed by atoms with Crippen molar-refractivity contribution in [2.75, 3.05) is 18.2 Å². The van der Waals surface area contributed by atoms with Gasteiger partial charge < -0.3 is 19.0 Å². The minimum atomic E-state index is -0.205. The summed E-state index contributed by atoms with van der Waals surface area (Å²) in [6.45, 7) is 2.83. The molecule has 9 heteroatoms. The highest BCUT2D eigenvalue weighted by atomic mass is 32.2. The highest BCUT2D eigenvalue weighted by molar-refractivity contribution is 7.99. The van der Waals surface area contributed by atoms with Crippen LogP contribution in [0.5, 0.6) is 5.75 Å². The molecule has 6 aromatic rings. The SMILES string of the molecule is CCn1c2ccccc2c2nnc(SCC(=O)Nc3cc4oc5ccccc5c4cc3OC)nc21. The molecule has 0 aliphatic rings. The average Bonchev–Trinajstić information content (AvgIpc) is 3.41. The molecule has 0 unspecified atom stereocenters. The zero-order valence-corrected chi connectivity index (χ0v) is 19.9.